The normalized spacial score (nSPS) is 10.8. The lowest BCUT2D eigenvalue weighted by Gasteiger charge is -2.08. The summed E-state index contributed by atoms with van der Waals surface area (Å²) in [6.07, 6.45) is 1.88. The van der Waals surface area contributed by atoms with Crippen LogP contribution in [-0.4, -0.2) is 33.4 Å². The largest absolute Gasteiger partial charge is 0.399 e. The monoisotopic (exact) mass is 276 g/mol. The number of hydrogen-bond acceptors (Lipinski definition) is 6. The van der Waals surface area contributed by atoms with E-state index in [2.05, 4.69) is 22.4 Å². The second-order valence-corrected chi connectivity index (χ2v) is 4.54. The van der Waals surface area contributed by atoms with Gasteiger partial charge in [-0.2, -0.15) is 0 Å². The third kappa shape index (κ3) is 3.45. The number of aromatic nitrogens is 4. The van der Waals surface area contributed by atoms with E-state index in [1.165, 1.54) is 0 Å². The lowest BCUT2D eigenvalue weighted by molar-refractivity contribution is 0.128. The summed E-state index contributed by atoms with van der Waals surface area (Å²) in [4.78, 5) is 0. The molecule has 2 aromatic rings. The molecule has 0 bridgehead atoms. The van der Waals surface area contributed by atoms with Gasteiger partial charge in [0, 0.05) is 36.7 Å². The standard InChI is InChI=1S/C13H20N6O/c1-2-7-20-8-3-6-19-13(16-17-18-19)11-5-4-10(14)9-12(11)15/h4-5,9H,2-3,6-8,14-15H2,1H3. The van der Waals surface area contributed by atoms with Crippen LogP contribution in [0.1, 0.15) is 19.8 Å². The molecule has 0 aliphatic rings. The zero-order chi connectivity index (χ0) is 14.4. The Hall–Kier alpha value is -2.15. The van der Waals surface area contributed by atoms with Gasteiger partial charge in [0.25, 0.3) is 0 Å². The van der Waals surface area contributed by atoms with Gasteiger partial charge < -0.3 is 16.2 Å². The summed E-state index contributed by atoms with van der Waals surface area (Å²) in [7, 11) is 0. The van der Waals surface area contributed by atoms with E-state index in [4.69, 9.17) is 16.2 Å². The molecule has 0 fully saturated rings. The van der Waals surface area contributed by atoms with Crippen LogP contribution in [0.15, 0.2) is 18.2 Å². The number of nitrogen functional groups attached to an aromatic ring is 2. The molecule has 2 rings (SSSR count). The fourth-order valence-electron chi connectivity index (χ4n) is 1.90. The summed E-state index contributed by atoms with van der Waals surface area (Å²) in [6.45, 7) is 4.26. The predicted octanol–water partition coefficient (Wildman–Crippen LogP) is 1.32. The lowest BCUT2D eigenvalue weighted by Crippen LogP contribution is -2.07. The summed E-state index contributed by atoms with van der Waals surface area (Å²) < 4.78 is 7.18. The number of anilines is 2. The molecular formula is C13H20N6O. The number of rotatable bonds is 7. The maximum Gasteiger partial charge on any atom is 0.184 e. The molecule has 0 amide bonds. The van der Waals surface area contributed by atoms with Gasteiger partial charge >= 0.3 is 0 Å². The van der Waals surface area contributed by atoms with Crippen LogP contribution < -0.4 is 11.5 Å². The minimum Gasteiger partial charge on any atom is -0.399 e. The third-order valence-electron chi connectivity index (χ3n) is 2.86. The number of tetrazole rings is 1. The Morgan fingerprint density at radius 1 is 1.25 bits per heavy atom. The first kappa shape index (κ1) is 14.3. The van der Waals surface area contributed by atoms with Crippen LogP contribution >= 0.6 is 0 Å². The molecule has 4 N–H and O–H groups in total. The molecule has 0 spiro atoms. The molecule has 108 valence electrons. The second-order valence-electron chi connectivity index (χ2n) is 4.54. The predicted molar refractivity (Wildman–Crippen MR) is 77.8 cm³/mol. The Morgan fingerprint density at radius 3 is 2.85 bits per heavy atom. The molecule has 1 heterocycles. The topological polar surface area (TPSA) is 105 Å². The van der Waals surface area contributed by atoms with Crippen LogP contribution in [0.5, 0.6) is 0 Å². The number of aryl methyl sites for hydroxylation is 1. The van der Waals surface area contributed by atoms with Gasteiger partial charge in [0.2, 0.25) is 0 Å². The van der Waals surface area contributed by atoms with Gasteiger partial charge in [-0.05, 0) is 41.5 Å². The molecule has 0 aliphatic carbocycles. The van der Waals surface area contributed by atoms with Gasteiger partial charge in [-0.3, -0.25) is 0 Å². The van der Waals surface area contributed by atoms with E-state index in [9.17, 15) is 0 Å². The van der Waals surface area contributed by atoms with Crippen molar-refractivity contribution in [3.8, 4) is 11.4 Å². The van der Waals surface area contributed by atoms with Crippen LogP contribution in [0.25, 0.3) is 11.4 Å². The van der Waals surface area contributed by atoms with Crippen LogP contribution in [0.4, 0.5) is 11.4 Å². The fourth-order valence-corrected chi connectivity index (χ4v) is 1.90. The first-order chi connectivity index (χ1) is 9.72. The van der Waals surface area contributed by atoms with E-state index in [1.807, 2.05) is 6.07 Å². The molecule has 20 heavy (non-hydrogen) atoms. The van der Waals surface area contributed by atoms with E-state index < -0.39 is 0 Å². The summed E-state index contributed by atoms with van der Waals surface area (Å²) in [5, 5.41) is 11.7. The van der Waals surface area contributed by atoms with Crippen LogP contribution in [0, 0.1) is 0 Å². The highest BCUT2D eigenvalue weighted by molar-refractivity contribution is 5.74. The van der Waals surface area contributed by atoms with E-state index in [1.54, 1.807) is 16.8 Å². The third-order valence-corrected chi connectivity index (χ3v) is 2.86. The van der Waals surface area contributed by atoms with Crippen molar-refractivity contribution in [2.75, 3.05) is 24.7 Å². The van der Waals surface area contributed by atoms with Crippen molar-refractivity contribution in [3.63, 3.8) is 0 Å². The van der Waals surface area contributed by atoms with Gasteiger partial charge in [-0.15, -0.1) is 5.10 Å². The van der Waals surface area contributed by atoms with Crippen molar-refractivity contribution in [3.05, 3.63) is 18.2 Å². The molecular weight excluding hydrogens is 256 g/mol. The first-order valence-corrected chi connectivity index (χ1v) is 6.71. The zero-order valence-electron chi connectivity index (χ0n) is 11.6. The van der Waals surface area contributed by atoms with Gasteiger partial charge in [-0.1, -0.05) is 6.92 Å². The number of hydrogen-bond donors (Lipinski definition) is 2. The summed E-state index contributed by atoms with van der Waals surface area (Å²) in [5.74, 6) is 0.651. The first-order valence-electron chi connectivity index (χ1n) is 6.71. The van der Waals surface area contributed by atoms with E-state index >= 15 is 0 Å². The maximum atomic E-state index is 5.96. The van der Waals surface area contributed by atoms with Gasteiger partial charge in [0.1, 0.15) is 0 Å². The smallest absolute Gasteiger partial charge is 0.184 e. The number of benzene rings is 1. The van der Waals surface area contributed by atoms with Crippen molar-refractivity contribution in [1.82, 2.24) is 20.2 Å². The minimum absolute atomic E-state index is 0.572. The summed E-state index contributed by atoms with van der Waals surface area (Å²) >= 11 is 0. The number of ether oxygens (including phenoxy) is 1. The van der Waals surface area contributed by atoms with Crippen LogP contribution in [0.3, 0.4) is 0 Å². The van der Waals surface area contributed by atoms with E-state index in [0.717, 1.165) is 25.0 Å². The van der Waals surface area contributed by atoms with Crippen molar-refractivity contribution in [2.45, 2.75) is 26.3 Å². The average Bonchev–Trinajstić information content (AvgIpc) is 2.87. The van der Waals surface area contributed by atoms with Crippen molar-refractivity contribution >= 4 is 11.4 Å². The Bertz CT molecular complexity index is 554. The van der Waals surface area contributed by atoms with Gasteiger partial charge in [-0.25, -0.2) is 4.68 Å². The van der Waals surface area contributed by atoms with E-state index in [-0.39, 0.29) is 0 Å². The fraction of sp³-hybridized carbons (Fsp3) is 0.462. The van der Waals surface area contributed by atoms with Gasteiger partial charge in [0.05, 0.1) is 0 Å². The van der Waals surface area contributed by atoms with Crippen LogP contribution in [-0.2, 0) is 11.3 Å². The molecule has 0 atom stereocenters. The van der Waals surface area contributed by atoms with Crippen molar-refractivity contribution in [2.24, 2.45) is 0 Å². The highest BCUT2D eigenvalue weighted by atomic mass is 16.5. The SMILES string of the molecule is CCCOCCCn1nnnc1-c1ccc(N)cc1N. The molecule has 1 aromatic heterocycles. The number of nitrogens with two attached hydrogens (primary N) is 2. The molecule has 1 aromatic carbocycles. The Kier molecular flexibility index (Phi) is 4.89. The van der Waals surface area contributed by atoms with E-state index in [0.29, 0.717) is 30.4 Å². The minimum atomic E-state index is 0.572. The molecule has 0 saturated heterocycles. The molecule has 0 aliphatic heterocycles. The summed E-state index contributed by atoms with van der Waals surface area (Å²) in [6, 6.07) is 5.33. The Labute approximate surface area is 117 Å². The van der Waals surface area contributed by atoms with Crippen molar-refractivity contribution < 1.29 is 4.74 Å². The maximum absolute atomic E-state index is 5.96. The van der Waals surface area contributed by atoms with Gasteiger partial charge in [0.15, 0.2) is 5.82 Å². The number of nitrogens with zero attached hydrogens (tertiary/aromatic N) is 4. The molecule has 0 unspecified atom stereocenters. The molecule has 0 radical (unpaired) electrons. The molecule has 0 saturated carbocycles. The Balaban J connectivity index is 2.04. The van der Waals surface area contributed by atoms with Crippen LogP contribution in [0.2, 0.25) is 0 Å². The lowest BCUT2D eigenvalue weighted by atomic mass is 10.1. The van der Waals surface area contributed by atoms with Crippen molar-refractivity contribution in [1.29, 1.82) is 0 Å². The average molecular weight is 276 g/mol. The Morgan fingerprint density at radius 2 is 2.10 bits per heavy atom. The highest BCUT2D eigenvalue weighted by Crippen LogP contribution is 2.25. The zero-order valence-corrected chi connectivity index (χ0v) is 11.6. The molecule has 7 nitrogen and oxygen atoms in total. The molecule has 7 heteroatoms. The highest BCUT2D eigenvalue weighted by Gasteiger charge is 2.11. The summed E-state index contributed by atoms with van der Waals surface area (Å²) in [5.41, 5.74) is 13.6. The second kappa shape index (κ2) is 6.85. The quantitative estimate of drug-likeness (QED) is 0.583.